The molecule has 0 aromatic heterocycles. The van der Waals surface area contributed by atoms with Crippen LogP contribution >= 0.6 is 15.6 Å². The van der Waals surface area contributed by atoms with Gasteiger partial charge in [0.25, 0.3) is 10.6 Å². The van der Waals surface area contributed by atoms with Crippen molar-refractivity contribution >= 4 is 38.4 Å². The van der Waals surface area contributed by atoms with Gasteiger partial charge in [0.05, 0.1) is 7.11 Å². The number of benzene rings is 4. The van der Waals surface area contributed by atoms with Gasteiger partial charge in [0.15, 0.2) is 18.1 Å². The number of methoxy groups -OCH3 is 1. The average molecular weight is 484 g/mol. The third-order valence-electron chi connectivity index (χ3n) is 5.46. The van der Waals surface area contributed by atoms with Crippen molar-refractivity contribution in [1.29, 1.82) is 0 Å². The van der Waals surface area contributed by atoms with Gasteiger partial charge in [-0.2, -0.15) is 0 Å². The van der Waals surface area contributed by atoms with Crippen molar-refractivity contribution in [2.24, 2.45) is 0 Å². The fourth-order valence-corrected chi connectivity index (χ4v) is 7.42. The molecule has 34 heavy (non-hydrogen) atoms. The summed E-state index contributed by atoms with van der Waals surface area (Å²) in [5, 5.41) is 1.16. The van der Waals surface area contributed by atoms with E-state index in [4.69, 9.17) is 4.74 Å². The molecule has 0 bridgehead atoms. The fraction of sp³-hybridized carbons (Fsp3) is 0.103. The molecule has 4 aromatic rings. The lowest BCUT2D eigenvalue weighted by atomic mass is 10.1. The minimum atomic E-state index is -1.88. The average Bonchev–Trinajstić information content (AvgIpc) is 2.88. The van der Waals surface area contributed by atoms with Crippen molar-refractivity contribution in [3.05, 3.63) is 125 Å². The van der Waals surface area contributed by atoms with Gasteiger partial charge in [0.2, 0.25) is 0 Å². The third kappa shape index (κ3) is 5.94. The van der Waals surface area contributed by atoms with Crippen molar-refractivity contribution in [2.75, 3.05) is 7.11 Å². The summed E-state index contributed by atoms with van der Waals surface area (Å²) in [6.07, 6.45) is 4.68. The molecule has 2 unspecified atom stereocenters. The normalized spacial score (nSPS) is 11.9. The van der Waals surface area contributed by atoms with Gasteiger partial charge in [-0.15, -0.1) is 0 Å². The predicted octanol–water partition coefficient (Wildman–Crippen LogP) is 7.17. The highest BCUT2D eigenvalue weighted by atomic mass is 31.1. The summed E-state index contributed by atoms with van der Waals surface area (Å²) in [5.74, 6) is 0.514. The van der Waals surface area contributed by atoms with E-state index in [-0.39, 0.29) is 0 Å². The Bertz CT molecular complexity index is 1300. The summed E-state index contributed by atoms with van der Waals surface area (Å²) in [6, 6.07) is 33.2. The van der Waals surface area contributed by atoms with Crippen molar-refractivity contribution in [2.45, 2.75) is 12.3 Å². The maximum atomic E-state index is 13.8. The Morgan fingerprint density at radius 1 is 0.618 bits per heavy atom. The van der Waals surface area contributed by atoms with Crippen LogP contribution in [0.1, 0.15) is 22.3 Å². The molecule has 0 saturated carbocycles. The largest absolute Gasteiger partial charge is 0.492 e. The first-order valence-electron chi connectivity index (χ1n) is 11.1. The van der Waals surface area contributed by atoms with Crippen LogP contribution in [0.2, 0.25) is 0 Å². The molecule has 0 fully saturated rings. The second kappa shape index (κ2) is 11.7. The molecule has 5 heteroatoms. The summed E-state index contributed by atoms with van der Waals surface area (Å²) in [6.45, 7) is 0. The minimum absolute atomic E-state index is 0.361. The molecule has 0 heterocycles. The van der Waals surface area contributed by atoms with Crippen molar-refractivity contribution in [3.8, 4) is 5.75 Å². The molecule has 0 saturated heterocycles. The van der Waals surface area contributed by atoms with Crippen molar-refractivity contribution in [1.82, 2.24) is 0 Å². The van der Waals surface area contributed by atoms with Crippen LogP contribution in [0.15, 0.2) is 103 Å². The predicted molar refractivity (Wildman–Crippen MR) is 143 cm³/mol. The Morgan fingerprint density at radius 2 is 1.12 bits per heavy atom. The molecule has 0 spiro atoms. The lowest BCUT2D eigenvalue weighted by Gasteiger charge is -2.05. The Hall–Kier alpha value is -3.38. The van der Waals surface area contributed by atoms with Gasteiger partial charge < -0.3 is 4.74 Å². The standard InChI is InChI=1S/C29H26O3P2/c1-32-27-20-19-26(18-17-23-11-5-2-6-12-23)28(33(30)21-24-13-7-3-8-14-24)29(27)34(31)22-25-15-9-4-10-16-25/h2-20H,21-22H2,1H3/q+2/b18-17-. The van der Waals surface area contributed by atoms with E-state index in [2.05, 4.69) is 0 Å². The van der Waals surface area contributed by atoms with Crippen LogP contribution in [0.25, 0.3) is 12.2 Å². The van der Waals surface area contributed by atoms with E-state index < -0.39 is 15.6 Å². The highest BCUT2D eigenvalue weighted by Gasteiger charge is 2.40. The van der Waals surface area contributed by atoms with E-state index in [1.807, 2.05) is 115 Å². The fourth-order valence-electron chi connectivity index (χ4n) is 3.79. The molecular formula is C29H26O3P2+2. The van der Waals surface area contributed by atoms with Crippen LogP contribution in [0.4, 0.5) is 0 Å². The lowest BCUT2D eigenvalue weighted by Crippen LogP contribution is -2.24. The maximum absolute atomic E-state index is 13.8. The molecule has 3 nitrogen and oxygen atoms in total. The van der Waals surface area contributed by atoms with Crippen LogP contribution in [0.3, 0.4) is 0 Å². The summed E-state index contributed by atoms with van der Waals surface area (Å²) < 4.78 is 33.2. The van der Waals surface area contributed by atoms with E-state index in [0.717, 1.165) is 22.3 Å². The number of hydrogen-bond acceptors (Lipinski definition) is 3. The quantitative estimate of drug-likeness (QED) is 0.187. The van der Waals surface area contributed by atoms with Gasteiger partial charge >= 0.3 is 15.6 Å². The second-order valence-electron chi connectivity index (χ2n) is 7.84. The Kier molecular flexibility index (Phi) is 8.15. The van der Waals surface area contributed by atoms with Gasteiger partial charge in [-0.05, 0) is 23.8 Å². The first-order valence-corrected chi connectivity index (χ1v) is 14.0. The van der Waals surface area contributed by atoms with Crippen LogP contribution in [0.5, 0.6) is 5.75 Å². The molecule has 0 radical (unpaired) electrons. The van der Waals surface area contributed by atoms with Crippen molar-refractivity contribution < 1.29 is 13.9 Å². The van der Waals surface area contributed by atoms with Gasteiger partial charge in [-0.25, -0.2) is 0 Å². The second-order valence-corrected chi connectivity index (χ2v) is 10.9. The molecule has 0 amide bonds. The highest BCUT2D eigenvalue weighted by Crippen LogP contribution is 2.37. The highest BCUT2D eigenvalue weighted by molar-refractivity contribution is 7.60. The monoisotopic (exact) mass is 484 g/mol. The van der Waals surface area contributed by atoms with Crippen LogP contribution in [-0.4, -0.2) is 7.11 Å². The molecule has 2 atom stereocenters. The summed E-state index contributed by atoms with van der Waals surface area (Å²) >= 11 is 0. The molecule has 4 rings (SSSR count). The molecular weight excluding hydrogens is 458 g/mol. The van der Waals surface area contributed by atoms with Gasteiger partial charge in [0.1, 0.15) is 0 Å². The smallest absolute Gasteiger partial charge is 0.390 e. The number of rotatable bonds is 9. The Morgan fingerprint density at radius 3 is 1.65 bits per heavy atom. The van der Waals surface area contributed by atoms with E-state index in [1.54, 1.807) is 7.11 Å². The van der Waals surface area contributed by atoms with Crippen molar-refractivity contribution in [3.63, 3.8) is 0 Å². The minimum Gasteiger partial charge on any atom is -0.492 e. The van der Waals surface area contributed by atoms with E-state index >= 15 is 0 Å². The first-order chi connectivity index (χ1) is 16.7. The van der Waals surface area contributed by atoms with Crippen LogP contribution < -0.4 is 15.3 Å². The first kappa shape index (κ1) is 23.8. The molecule has 0 aliphatic heterocycles. The molecule has 0 N–H and O–H groups in total. The summed E-state index contributed by atoms with van der Waals surface area (Å²) in [7, 11) is -2.18. The maximum Gasteiger partial charge on any atom is 0.390 e. The number of hydrogen-bond donors (Lipinski definition) is 0. The summed E-state index contributed by atoms with van der Waals surface area (Å²) in [5.41, 5.74) is 3.79. The summed E-state index contributed by atoms with van der Waals surface area (Å²) in [4.78, 5) is 0. The molecule has 0 aliphatic rings. The molecule has 4 aromatic carbocycles. The zero-order valence-electron chi connectivity index (χ0n) is 19.0. The van der Waals surface area contributed by atoms with Gasteiger partial charge in [-0.1, -0.05) is 106 Å². The molecule has 0 aliphatic carbocycles. The van der Waals surface area contributed by atoms with E-state index in [9.17, 15) is 9.13 Å². The van der Waals surface area contributed by atoms with Gasteiger partial charge in [0, 0.05) is 16.7 Å². The van der Waals surface area contributed by atoms with Crippen LogP contribution in [0, 0.1) is 0 Å². The van der Waals surface area contributed by atoms with E-state index in [0.29, 0.717) is 28.7 Å². The van der Waals surface area contributed by atoms with Crippen LogP contribution in [-0.2, 0) is 21.5 Å². The Labute approximate surface area is 202 Å². The zero-order chi connectivity index (χ0) is 23.8. The van der Waals surface area contributed by atoms with E-state index in [1.165, 1.54) is 0 Å². The zero-order valence-corrected chi connectivity index (χ0v) is 20.8. The molecule has 168 valence electrons. The third-order valence-corrected chi connectivity index (χ3v) is 8.86. The van der Waals surface area contributed by atoms with Gasteiger partial charge in [-0.3, -0.25) is 0 Å². The lowest BCUT2D eigenvalue weighted by molar-refractivity contribution is 0.418. The Balaban J connectivity index is 1.80. The number of ether oxygens (including phenoxy) is 1. The topological polar surface area (TPSA) is 43.4 Å². The SMILES string of the molecule is COc1ccc(/C=C\c2ccccc2)c([P+](=O)Cc2ccccc2)c1[P+](=O)Cc1ccccc1.